The number of carboxylic acids is 1. The zero-order chi connectivity index (χ0) is 18.9. The lowest BCUT2D eigenvalue weighted by molar-refractivity contribution is -0.139. The molecule has 1 amide bonds. The fourth-order valence-electron chi connectivity index (χ4n) is 2.24. The fourth-order valence-corrected chi connectivity index (χ4v) is 2.24. The number of hydrogen-bond acceptors (Lipinski definition) is 5. The van der Waals surface area contributed by atoms with Crippen LogP contribution in [0.25, 0.3) is 0 Å². The largest absolute Gasteiger partial charge is 0.497 e. The molecule has 1 atom stereocenters. The van der Waals surface area contributed by atoms with Gasteiger partial charge in [0.25, 0.3) is 5.91 Å². The molecule has 0 saturated carbocycles. The average molecular weight is 359 g/mol. The van der Waals surface area contributed by atoms with Crippen molar-refractivity contribution in [2.75, 3.05) is 27.4 Å². The lowest BCUT2D eigenvalue weighted by Crippen LogP contribution is -2.33. The van der Waals surface area contributed by atoms with E-state index in [4.69, 9.17) is 14.2 Å². The van der Waals surface area contributed by atoms with Crippen molar-refractivity contribution >= 4 is 11.9 Å². The third kappa shape index (κ3) is 5.22. The van der Waals surface area contributed by atoms with E-state index in [2.05, 4.69) is 5.32 Å². The number of carbonyl (C=O) groups excluding carboxylic acids is 1. The molecular formula is C19H21NO6. The van der Waals surface area contributed by atoms with Crippen molar-refractivity contribution in [3.05, 3.63) is 59.7 Å². The van der Waals surface area contributed by atoms with Crippen molar-refractivity contribution in [1.29, 1.82) is 0 Å². The minimum absolute atomic E-state index is 0.337. The number of carboxylic acid groups (broad SMARTS) is 1. The number of nitrogens with one attached hydrogen (secondary N) is 1. The van der Waals surface area contributed by atoms with Crippen molar-refractivity contribution in [3.63, 3.8) is 0 Å². The van der Waals surface area contributed by atoms with Gasteiger partial charge in [0.15, 0.2) is 6.04 Å². The number of methoxy groups -OCH3 is 2. The molecule has 0 fully saturated rings. The fraction of sp³-hybridized carbons (Fsp3) is 0.263. The molecule has 0 spiro atoms. The van der Waals surface area contributed by atoms with E-state index in [1.807, 2.05) is 0 Å². The Kier molecular flexibility index (Phi) is 6.99. The Hall–Kier alpha value is -3.06. The molecule has 138 valence electrons. The highest BCUT2D eigenvalue weighted by molar-refractivity contribution is 5.96. The molecule has 1 unspecified atom stereocenters. The van der Waals surface area contributed by atoms with Crippen LogP contribution in [0.5, 0.6) is 11.5 Å². The number of amides is 1. The van der Waals surface area contributed by atoms with Crippen LogP contribution in [-0.4, -0.2) is 44.4 Å². The molecule has 0 aliphatic heterocycles. The van der Waals surface area contributed by atoms with Crippen molar-refractivity contribution in [2.24, 2.45) is 0 Å². The summed E-state index contributed by atoms with van der Waals surface area (Å²) in [5.74, 6) is -0.434. The number of benzene rings is 2. The summed E-state index contributed by atoms with van der Waals surface area (Å²) in [6, 6.07) is 11.8. The van der Waals surface area contributed by atoms with Crippen LogP contribution in [-0.2, 0) is 9.53 Å². The quantitative estimate of drug-likeness (QED) is 0.667. The van der Waals surface area contributed by atoms with Crippen LogP contribution in [0.4, 0.5) is 0 Å². The Morgan fingerprint density at radius 3 is 2.12 bits per heavy atom. The molecule has 0 saturated heterocycles. The van der Waals surface area contributed by atoms with Crippen LogP contribution in [0.1, 0.15) is 22.0 Å². The van der Waals surface area contributed by atoms with E-state index in [1.54, 1.807) is 55.6 Å². The molecule has 26 heavy (non-hydrogen) atoms. The number of carbonyl (C=O) groups is 2. The summed E-state index contributed by atoms with van der Waals surface area (Å²) in [5, 5.41) is 12.0. The monoisotopic (exact) mass is 359 g/mol. The predicted molar refractivity (Wildman–Crippen MR) is 94.7 cm³/mol. The number of ether oxygens (including phenoxy) is 3. The molecule has 0 aliphatic carbocycles. The van der Waals surface area contributed by atoms with Gasteiger partial charge in [0.2, 0.25) is 0 Å². The second-order valence-electron chi connectivity index (χ2n) is 5.38. The van der Waals surface area contributed by atoms with Crippen LogP contribution in [0.2, 0.25) is 0 Å². The van der Waals surface area contributed by atoms with Crippen molar-refractivity contribution in [3.8, 4) is 11.5 Å². The maximum Gasteiger partial charge on any atom is 0.330 e. The lowest BCUT2D eigenvalue weighted by atomic mass is 10.1. The summed E-state index contributed by atoms with van der Waals surface area (Å²) in [5.41, 5.74) is 0.787. The standard InChI is InChI=1S/C19H21NO6/c1-24-11-12-26-16-9-5-14(6-10-16)18(21)20-17(19(22)23)13-3-7-15(25-2)8-4-13/h3-10,17H,11-12H2,1-2H3,(H,20,21)(H,22,23). The number of hydrogen-bond donors (Lipinski definition) is 2. The Morgan fingerprint density at radius 2 is 1.58 bits per heavy atom. The summed E-state index contributed by atoms with van der Waals surface area (Å²) in [7, 11) is 3.10. The van der Waals surface area contributed by atoms with Crippen LogP contribution in [0, 0.1) is 0 Å². The zero-order valence-corrected chi connectivity index (χ0v) is 14.6. The molecule has 0 bridgehead atoms. The molecule has 0 radical (unpaired) electrons. The first-order valence-electron chi connectivity index (χ1n) is 7.94. The molecule has 0 aromatic heterocycles. The molecular weight excluding hydrogens is 338 g/mol. The maximum atomic E-state index is 12.4. The van der Waals surface area contributed by atoms with E-state index in [9.17, 15) is 14.7 Å². The zero-order valence-electron chi connectivity index (χ0n) is 14.6. The topological polar surface area (TPSA) is 94.1 Å². The van der Waals surface area contributed by atoms with E-state index < -0.39 is 17.9 Å². The summed E-state index contributed by atoms with van der Waals surface area (Å²) in [4.78, 5) is 23.9. The van der Waals surface area contributed by atoms with Gasteiger partial charge >= 0.3 is 5.97 Å². The van der Waals surface area contributed by atoms with Gasteiger partial charge in [0.05, 0.1) is 13.7 Å². The smallest absolute Gasteiger partial charge is 0.330 e. The first-order chi connectivity index (χ1) is 12.5. The molecule has 2 aromatic carbocycles. The van der Waals surface area contributed by atoms with E-state index in [1.165, 1.54) is 7.11 Å². The first-order valence-corrected chi connectivity index (χ1v) is 7.94. The highest BCUT2D eigenvalue weighted by Gasteiger charge is 2.22. The van der Waals surface area contributed by atoms with E-state index in [0.29, 0.717) is 35.8 Å². The Bertz CT molecular complexity index is 727. The van der Waals surface area contributed by atoms with E-state index in [-0.39, 0.29) is 0 Å². The second kappa shape index (κ2) is 9.43. The third-order valence-electron chi connectivity index (χ3n) is 3.64. The number of rotatable bonds is 9. The predicted octanol–water partition coefficient (Wildman–Crippen LogP) is 2.28. The molecule has 0 aliphatic rings. The van der Waals surface area contributed by atoms with E-state index >= 15 is 0 Å². The van der Waals surface area contributed by atoms with Crippen molar-refractivity contribution < 1.29 is 28.9 Å². The van der Waals surface area contributed by atoms with Gasteiger partial charge in [-0.2, -0.15) is 0 Å². The van der Waals surface area contributed by atoms with Gasteiger partial charge in [-0.05, 0) is 42.0 Å². The third-order valence-corrected chi connectivity index (χ3v) is 3.64. The van der Waals surface area contributed by atoms with Gasteiger partial charge in [0, 0.05) is 12.7 Å². The van der Waals surface area contributed by atoms with Crippen LogP contribution in [0.3, 0.4) is 0 Å². The highest BCUT2D eigenvalue weighted by atomic mass is 16.5. The molecule has 0 heterocycles. The summed E-state index contributed by atoms with van der Waals surface area (Å²) in [6.45, 7) is 0.866. The Labute approximate surface area is 151 Å². The number of aliphatic carboxylic acids is 1. The first kappa shape index (κ1) is 19.3. The van der Waals surface area contributed by atoms with Gasteiger partial charge in [-0.25, -0.2) is 4.79 Å². The summed E-state index contributed by atoms with van der Waals surface area (Å²) >= 11 is 0. The normalized spacial score (nSPS) is 11.5. The molecule has 7 heteroatoms. The van der Waals surface area contributed by atoms with Crippen molar-refractivity contribution in [2.45, 2.75) is 6.04 Å². The van der Waals surface area contributed by atoms with Gasteiger partial charge in [-0.3, -0.25) is 4.79 Å². The minimum atomic E-state index is -1.16. The molecule has 2 rings (SSSR count). The van der Waals surface area contributed by atoms with Crippen LogP contribution < -0.4 is 14.8 Å². The van der Waals surface area contributed by atoms with E-state index in [0.717, 1.165) is 0 Å². The van der Waals surface area contributed by atoms with Gasteiger partial charge in [-0.15, -0.1) is 0 Å². The average Bonchev–Trinajstić information content (AvgIpc) is 2.66. The second-order valence-corrected chi connectivity index (χ2v) is 5.38. The van der Waals surface area contributed by atoms with Crippen molar-refractivity contribution in [1.82, 2.24) is 5.32 Å². The lowest BCUT2D eigenvalue weighted by Gasteiger charge is -2.15. The summed E-state index contributed by atoms with van der Waals surface area (Å²) in [6.07, 6.45) is 0. The molecule has 2 aromatic rings. The van der Waals surface area contributed by atoms with Gasteiger partial charge in [-0.1, -0.05) is 12.1 Å². The highest BCUT2D eigenvalue weighted by Crippen LogP contribution is 2.19. The Morgan fingerprint density at radius 1 is 0.962 bits per heavy atom. The molecule has 2 N–H and O–H groups in total. The maximum absolute atomic E-state index is 12.4. The van der Waals surface area contributed by atoms with Crippen LogP contribution in [0.15, 0.2) is 48.5 Å². The van der Waals surface area contributed by atoms with Crippen LogP contribution >= 0.6 is 0 Å². The van der Waals surface area contributed by atoms with Gasteiger partial charge < -0.3 is 24.6 Å². The Balaban J connectivity index is 2.05. The molecule has 7 nitrogen and oxygen atoms in total. The SMILES string of the molecule is COCCOc1ccc(C(=O)NC(C(=O)O)c2ccc(OC)cc2)cc1. The summed E-state index contributed by atoms with van der Waals surface area (Å²) < 4.78 is 15.4. The van der Waals surface area contributed by atoms with Gasteiger partial charge in [0.1, 0.15) is 18.1 Å². The minimum Gasteiger partial charge on any atom is -0.497 e.